The third-order valence-corrected chi connectivity index (χ3v) is 4.55. The molecule has 1 saturated carbocycles. The molecule has 26 heavy (non-hydrogen) atoms. The number of amides is 1. The van der Waals surface area contributed by atoms with Crippen molar-refractivity contribution >= 4 is 6.09 Å². The SMILES string of the molecule is COc1cccc(COC(=O)NC2(c3ccnc(C#N)n3)CCCC2)c1. The van der Waals surface area contributed by atoms with Crippen molar-refractivity contribution in [1.29, 1.82) is 5.26 Å². The number of hydrogen-bond acceptors (Lipinski definition) is 6. The van der Waals surface area contributed by atoms with E-state index in [4.69, 9.17) is 14.7 Å². The number of alkyl carbamates (subject to hydrolysis) is 1. The molecule has 7 heteroatoms. The number of carbonyl (C=O) groups excluding carboxylic acids is 1. The van der Waals surface area contributed by atoms with Gasteiger partial charge in [0, 0.05) is 6.20 Å². The zero-order valence-electron chi connectivity index (χ0n) is 14.6. The first kappa shape index (κ1) is 17.7. The first-order chi connectivity index (χ1) is 12.6. The molecule has 1 aliphatic rings. The average Bonchev–Trinajstić information content (AvgIpc) is 3.16. The predicted octanol–water partition coefficient (Wildman–Crippen LogP) is 3.05. The van der Waals surface area contributed by atoms with E-state index < -0.39 is 11.6 Å². The Morgan fingerprint density at radius 1 is 1.35 bits per heavy atom. The first-order valence-electron chi connectivity index (χ1n) is 8.47. The lowest BCUT2D eigenvalue weighted by Crippen LogP contribution is -2.44. The van der Waals surface area contributed by atoms with E-state index in [1.54, 1.807) is 19.4 Å². The topological polar surface area (TPSA) is 97.1 Å². The zero-order valence-corrected chi connectivity index (χ0v) is 14.6. The van der Waals surface area contributed by atoms with Crippen LogP contribution in [-0.2, 0) is 16.9 Å². The van der Waals surface area contributed by atoms with Crippen LogP contribution in [0, 0.1) is 11.3 Å². The highest BCUT2D eigenvalue weighted by molar-refractivity contribution is 5.68. The molecule has 0 radical (unpaired) electrons. The smallest absolute Gasteiger partial charge is 0.408 e. The molecular weight excluding hydrogens is 332 g/mol. The lowest BCUT2D eigenvalue weighted by molar-refractivity contribution is 0.125. The summed E-state index contributed by atoms with van der Waals surface area (Å²) >= 11 is 0. The zero-order chi connectivity index (χ0) is 18.4. The van der Waals surface area contributed by atoms with Crippen molar-refractivity contribution in [1.82, 2.24) is 15.3 Å². The molecule has 1 amide bonds. The number of nitrogens with one attached hydrogen (secondary N) is 1. The fourth-order valence-corrected chi connectivity index (χ4v) is 3.25. The summed E-state index contributed by atoms with van der Waals surface area (Å²) in [4.78, 5) is 20.6. The Kier molecular flexibility index (Phi) is 5.32. The molecule has 0 aliphatic heterocycles. The van der Waals surface area contributed by atoms with Gasteiger partial charge in [-0.25, -0.2) is 14.8 Å². The molecule has 134 valence electrons. The summed E-state index contributed by atoms with van der Waals surface area (Å²) in [6, 6.07) is 11.1. The van der Waals surface area contributed by atoms with Crippen LogP contribution < -0.4 is 10.1 Å². The van der Waals surface area contributed by atoms with Crippen molar-refractivity contribution in [2.75, 3.05) is 7.11 Å². The van der Waals surface area contributed by atoms with Crippen LogP contribution >= 0.6 is 0 Å². The fourth-order valence-electron chi connectivity index (χ4n) is 3.25. The molecule has 0 atom stereocenters. The monoisotopic (exact) mass is 352 g/mol. The highest BCUT2D eigenvalue weighted by Gasteiger charge is 2.39. The van der Waals surface area contributed by atoms with Crippen molar-refractivity contribution in [3.05, 3.63) is 53.6 Å². The summed E-state index contributed by atoms with van der Waals surface area (Å²) in [6.45, 7) is 0.145. The van der Waals surface area contributed by atoms with Crippen LogP contribution in [0.1, 0.15) is 42.8 Å². The van der Waals surface area contributed by atoms with E-state index in [-0.39, 0.29) is 12.4 Å². The van der Waals surface area contributed by atoms with E-state index in [0.29, 0.717) is 11.4 Å². The summed E-state index contributed by atoms with van der Waals surface area (Å²) in [5.41, 5.74) is 0.883. The van der Waals surface area contributed by atoms with Gasteiger partial charge in [0.2, 0.25) is 5.82 Å². The number of nitriles is 1. The molecule has 1 aromatic heterocycles. The molecule has 2 aromatic rings. The number of hydrogen-bond donors (Lipinski definition) is 1. The van der Waals surface area contributed by atoms with Gasteiger partial charge in [0.05, 0.1) is 18.3 Å². The third kappa shape index (κ3) is 3.91. The molecule has 3 rings (SSSR count). The number of aromatic nitrogens is 2. The molecule has 1 heterocycles. The summed E-state index contributed by atoms with van der Waals surface area (Å²) in [6.07, 6.45) is 4.49. The van der Waals surface area contributed by atoms with Crippen molar-refractivity contribution < 1.29 is 14.3 Å². The van der Waals surface area contributed by atoms with Gasteiger partial charge in [-0.1, -0.05) is 25.0 Å². The number of ether oxygens (including phenoxy) is 2. The van der Waals surface area contributed by atoms with Gasteiger partial charge in [-0.2, -0.15) is 5.26 Å². The lowest BCUT2D eigenvalue weighted by atomic mass is 9.93. The maximum atomic E-state index is 12.4. The van der Waals surface area contributed by atoms with Gasteiger partial charge < -0.3 is 14.8 Å². The predicted molar refractivity (Wildman–Crippen MR) is 93.2 cm³/mol. The van der Waals surface area contributed by atoms with Crippen LogP contribution in [0.15, 0.2) is 36.5 Å². The molecule has 0 saturated heterocycles. The molecule has 0 bridgehead atoms. The Morgan fingerprint density at radius 2 is 2.15 bits per heavy atom. The first-order valence-corrected chi connectivity index (χ1v) is 8.47. The average molecular weight is 352 g/mol. The van der Waals surface area contributed by atoms with E-state index in [2.05, 4.69) is 15.3 Å². The minimum absolute atomic E-state index is 0.0975. The van der Waals surface area contributed by atoms with E-state index in [1.165, 1.54) is 0 Å². The Balaban J connectivity index is 1.69. The number of rotatable bonds is 5. The number of carbonyl (C=O) groups is 1. The van der Waals surface area contributed by atoms with Gasteiger partial charge in [-0.05, 0) is 36.6 Å². The quantitative estimate of drug-likeness (QED) is 0.888. The van der Waals surface area contributed by atoms with Crippen molar-refractivity contribution in [2.24, 2.45) is 0 Å². The van der Waals surface area contributed by atoms with Gasteiger partial charge >= 0.3 is 6.09 Å². The largest absolute Gasteiger partial charge is 0.497 e. The highest BCUT2D eigenvalue weighted by Crippen LogP contribution is 2.37. The second-order valence-corrected chi connectivity index (χ2v) is 6.22. The van der Waals surface area contributed by atoms with Crippen LogP contribution in [0.25, 0.3) is 0 Å². The Morgan fingerprint density at radius 3 is 2.88 bits per heavy atom. The second-order valence-electron chi connectivity index (χ2n) is 6.22. The molecule has 1 N–H and O–H groups in total. The maximum Gasteiger partial charge on any atom is 0.408 e. The lowest BCUT2D eigenvalue weighted by Gasteiger charge is -2.29. The normalized spacial score (nSPS) is 15.1. The third-order valence-electron chi connectivity index (χ3n) is 4.55. The minimum Gasteiger partial charge on any atom is -0.497 e. The van der Waals surface area contributed by atoms with E-state index in [0.717, 1.165) is 31.2 Å². The Bertz CT molecular complexity index is 826. The summed E-state index contributed by atoms with van der Waals surface area (Å²) < 4.78 is 10.5. The van der Waals surface area contributed by atoms with Crippen LogP contribution in [0.4, 0.5) is 4.79 Å². The van der Waals surface area contributed by atoms with Crippen LogP contribution in [0.5, 0.6) is 5.75 Å². The molecule has 1 aromatic carbocycles. The standard InChI is InChI=1S/C19H20N4O3/c1-25-15-6-4-5-14(11-15)13-26-18(24)23-19(8-2-3-9-19)16-7-10-21-17(12-20)22-16/h4-7,10-11H,2-3,8-9,13H2,1H3,(H,23,24). The molecule has 0 unspecified atom stereocenters. The maximum absolute atomic E-state index is 12.4. The summed E-state index contributed by atoms with van der Waals surface area (Å²) in [5.74, 6) is 0.809. The highest BCUT2D eigenvalue weighted by atomic mass is 16.5. The van der Waals surface area contributed by atoms with E-state index in [1.807, 2.05) is 30.3 Å². The van der Waals surface area contributed by atoms with Crippen LogP contribution in [0.2, 0.25) is 0 Å². The van der Waals surface area contributed by atoms with Crippen molar-refractivity contribution in [2.45, 2.75) is 37.8 Å². The molecular formula is C19H20N4O3. The second kappa shape index (κ2) is 7.83. The van der Waals surface area contributed by atoms with Gasteiger partial charge in [0.15, 0.2) is 0 Å². The summed E-state index contributed by atoms with van der Waals surface area (Å²) in [7, 11) is 1.59. The van der Waals surface area contributed by atoms with Crippen molar-refractivity contribution in [3.8, 4) is 11.8 Å². The van der Waals surface area contributed by atoms with Gasteiger partial charge in [-0.3, -0.25) is 0 Å². The Labute approximate surface area is 152 Å². The number of benzene rings is 1. The van der Waals surface area contributed by atoms with Crippen molar-refractivity contribution in [3.63, 3.8) is 0 Å². The number of nitrogens with zero attached hydrogens (tertiary/aromatic N) is 3. The van der Waals surface area contributed by atoms with Crippen LogP contribution in [-0.4, -0.2) is 23.2 Å². The molecule has 1 fully saturated rings. The van der Waals surface area contributed by atoms with Crippen LogP contribution in [0.3, 0.4) is 0 Å². The minimum atomic E-state index is -0.611. The van der Waals surface area contributed by atoms with Gasteiger partial charge in [0.1, 0.15) is 18.4 Å². The summed E-state index contributed by atoms with van der Waals surface area (Å²) in [5, 5.41) is 12.0. The Hall–Kier alpha value is -3.14. The van der Waals surface area contributed by atoms with E-state index in [9.17, 15) is 4.79 Å². The number of methoxy groups -OCH3 is 1. The molecule has 0 spiro atoms. The van der Waals surface area contributed by atoms with Gasteiger partial charge in [0.25, 0.3) is 0 Å². The van der Waals surface area contributed by atoms with E-state index >= 15 is 0 Å². The molecule has 1 aliphatic carbocycles. The van der Waals surface area contributed by atoms with Gasteiger partial charge in [-0.15, -0.1) is 0 Å². The fraction of sp³-hybridized carbons (Fsp3) is 0.368. The molecule has 7 nitrogen and oxygen atoms in total.